The van der Waals surface area contributed by atoms with Crippen LogP contribution < -0.4 is 0 Å². The number of hydrogen-bond acceptors (Lipinski definition) is 3. The van der Waals surface area contributed by atoms with Crippen molar-refractivity contribution in [3.63, 3.8) is 0 Å². The van der Waals surface area contributed by atoms with Crippen molar-refractivity contribution in [3.8, 4) is 12.4 Å². The summed E-state index contributed by atoms with van der Waals surface area (Å²) in [5.41, 5.74) is 0.959. The standard InChI is InChI=1S/C9H7N3/c10-7-12(8-11)6-9-4-2-1-3-5-9/h1-5H,6H2. The van der Waals surface area contributed by atoms with E-state index in [1.165, 1.54) is 0 Å². The number of benzene rings is 1. The molecule has 0 saturated heterocycles. The van der Waals surface area contributed by atoms with Crippen LogP contribution in [0.25, 0.3) is 0 Å². The third-order valence-electron chi connectivity index (χ3n) is 1.42. The highest BCUT2D eigenvalue weighted by atomic mass is 15.1. The fraction of sp³-hybridized carbons (Fsp3) is 0.111. The maximum absolute atomic E-state index is 8.44. The molecule has 0 N–H and O–H groups in total. The minimum atomic E-state index is 0.355. The molecule has 3 nitrogen and oxygen atoms in total. The minimum absolute atomic E-state index is 0.355. The van der Waals surface area contributed by atoms with E-state index in [1.807, 2.05) is 30.3 Å². The van der Waals surface area contributed by atoms with Crippen LogP contribution in [0.4, 0.5) is 0 Å². The molecule has 0 spiro atoms. The van der Waals surface area contributed by atoms with Crippen molar-refractivity contribution in [1.29, 1.82) is 10.5 Å². The molecule has 3 heteroatoms. The van der Waals surface area contributed by atoms with Gasteiger partial charge in [0.2, 0.25) is 0 Å². The summed E-state index contributed by atoms with van der Waals surface area (Å²) in [6.07, 6.45) is 3.54. The lowest BCUT2D eigenvalue weighted by Gasteiger charge is -2.03. The van der Waals surface area contributed by atoms with Gasteiger partial charge in [0.15, 0.2) is 12.4 Å². The lowest BCUT2D eigenvalue weighted by Crippen LogP contribution is -2.09. The van der Waals surface area contributed by atoms with E-state index < -0.39 is 0 Å². The van der Waals surface area contributed by atoms with Crippen LogP contribution >= 0.6 is 0 Å². The van der Waals surface area contributed by atoms with Gasteiger partial charge in [-0.3, -0.25) is 0 Å². The van der Waals surface area contributed by atoms with Crippen molar-refractivity contribution in [3.05, 3.63) is 35.9 Å². The van der Waals surface area contributed by atoms with Crippen LogP contribution in [0.15, 0.2) is 30.3 Å². The molecule has 58 valence electrons. The Labute approximate surface area is 71.1 Å². The molecule has 0 aromatic heterocycles. The van der Waals surface area contributed by atoms with Gasteiger partial charge in [-0.15, -0.1) is 0 Å². The van der Waals surface area contributed by atoms with Gasteiger partial charge in [0.25, 0.3) is 0 Å². The van der Waals surface area contributed by atoms with Crippen molar-refractivity contribution in [2.45, 2.75) is 6.54 Å². The van der Waals surface area contributed by atoms with Gasteiger partial charge >= 0.3 is 0 Å². The topological polar surface area (TPSA) is 50.8 Å². The lowest BCUT2D eigenvalue weighted by molar-refractivity contribution is 0.539. The molecule has 0 radical (unpaired) electrons. The van der Waals surface area contributed by atoms with E-state index in [1.54, 1.807) is 12.4 Å². The summed E-state index contributed by atoms with van der Waals surface area (Å²) < 4.78 is 0. The molecule has 0 aliphatic rings. The molecule has 0 unspecified atom stereocenters. The van der Waals surface area contributed by atoms with E-state index in [4.69, 9.17) is 10.5 Å². The lowest BCUT2D eigenvalue weighted by atomic mass is 10.2. The molecular weight excluding hydrogens is 150 g/mol. The summed E-state index contributed by atoms with van der Waals surface area (Å²) in [5.74, 6) is 0. The second-order valence-electron chi connectivity index (χ2n) is 2.27. The summed E-state index contributed by atoms with van der Waals surface area (Å²) in [4.78, 5) is 1.02. The highest BCUT2D eigenvalue weighted by Crippen LogP contribution is 2.01. The van der Waals surface area contributed by atoms with Crippen molar-refractivity contribution in [1.82, 2.24) is 4.90 Å². The van der Waals surface area contributed by atoms with Crippen molar-refractivity contribution < 1.29 is 0 Å². The molecule has 1 aromatic rings. The number of rotatable bonds is 2. The van der Waals surface area contributed by atoms with Crippen molar-refractivity contribution in [2.75, 3.05) is 0 Å². The van der Waals surface area contributed by atoms with Gasteiger partial charge in [0, 0.05) is 0 Å². The molecule has 0 bridgehead atoms. The number of nitriles is 2. The molecular formula is C9H7N3. The smallest absolute Gasteiger partial charge is 0.194 e. The average Bonchev–Trinajstić information content (AvgIpc) is 2.16. The Hall–Kier alpha value is -2.00. The van der Waals surface area contributed by atoms with Gasteiger partial charge in [0.05, 0.1) is 6.54 Å². The molecule has 12 heavy (non-hydrogen) atoms. The Morgan fingerprint density at radius 1 is 1.08 bits per heavy atom. The van der Waals surface area contributed by atoms with E-state index in [2.05, 4.69) is 0 Å². The first kappa shape index (κ1) is 8.10. The van der Waals surface area contributed by atoms with Crippen LogP contribution in [-0.4, -0.2) is 4.90 Å². The van der Waals surface area contributed by atoms with Crippen LogP contribution in [0.1, 0.15) is 5.56 Å². The molecule has 1 aromatic carbocycles. The van der Waals surface area contributed by atoms with E-state index in [0.717, 1.165) is 10.5 Å². The van der Waals surface area contributed by atoms with E-state index in [-0.39, 0.29) is 0 Å². The maximum atomic E-state index is 8.44. The average molecular weight is 157 g/mol. The summed E-state index contributed by atoms with van der Waals surface area (Å²) in [5, 5.41) is 16.9. The van der Waals surface area contributed by atoms with Gasteiger partial charge < -0.3 is 0 Å². The van der Waals surface area contributed by atoms with Gasteiger partial charge in [0.1, 0.15) is 0 Å². The Morgan fingerprint density at radius 3 is 2.17 bits per heavy atom. The zero-order valence-electron chi connectivity index (χ0n) is 6.44. The number of nitrogens with zero attached hydrogens (tertiary/aromatic N) is 3. The third kappa shape index (κ3) is 2.00. The third-order valence-corrected chi connectivity index (χ3v) is 1.42. The van der Waals surface area contributed by atoms with Crippen LogP contribution in [0.5, 0.6) is 0 Å². The van der Waals surface area contributed by atoms with Crippen LogP contribution in [0, 0.1) is 22.9 Å². The fourth-order valence-electron chi connectivity index (χ4n) is 0.859. The molecule has 0 saturated carbocycles. The highest BCUT2D eigenvalue weighted by molar-refractivity contribution is 5.15. The van der Waals surface area contributed by atoms with E-state index in [9.17, 15) is 0 Å². The SMILES string of the molecule is N#CN(C#N)Cc1ccccc1. The second kappa shape index (κ2) is 4.00. The Balaban J connectivity index is 2.66. The predicted molar refractivity (Wildman–Crippen MR) is 43.2 cm³/mol. The highest BCUT2D eigenvalue weighted by Gasteiger charge is 1.98. The zero-order chi connectivity index (χ0) is 8.81. The summed E-state index contributed by atoms with van der Waals surface area (Å²) in [7, 11) is 0. The molecule has 0 atom stereocenters. The minimum Gasteiger partial charge on any atom is -0.211 e. The van der Waals surface area contributed by atoms with Gasteiger partial charge in [-0.25, -0.2) is 4.90 Å². The van der Waals surface area contributed by atoms with Crippen LogP contribution in [0.3, 0.4) is 0 Å². The Bertz CT molecular complexity index is 304. The first-order chi connectivity index (χ1) is 5.86. The maximum Gasteiger partial charge on any atom is 0.194 e. The molecule has 0 aliphatic carbocycles. The monoisotopic (exact) mass is 157 g/mol. The Kier molecular flexibility index (Phi) is 2.70. The van der Waals surface area contributed by atoms with E-state index in [0.29, 0.717) is 6.54 Å². The summed E-state index contributed by atoms with van der Waals surface area (Å²) in [6, 6.07) is 9.40. The molecule has 0 heterocycles. The zero-order valence-corrected chi connectivity index (χ0v) is 6.44. The van der Waals surface area contributed by atoms with E-state index >= 15 is 0 Å². The van der Waals surface area contributed by atoms with Crippen LogP contribution in [-0.2, 0) is 6.54 Å². The summed E-state index contributed by atoms with van der Waals surface area (Å²) in [6.45, 7) is 0.355. The predicted octanol–water partition coefficient (Wildman–Crippen LogP) is 1.45. The van der Waals surface area contributed by atoms with Gasteiger partial charge in [-0.2, -0.15) is 10.5 Å². The molecule has 0 fully saturated rings. The Morgan fingerprint density at radius 2 is 1.67 bits per heavy atom. The van der Waals surface area contributed by atoms with Gasteiger partial charge in [-0.05, 0) is 5.56 Å². The summed E-state index contributed by atoms with van der Waals surface area (Å²) >= 11 is 0. The first-order valence-electron chi connectivity index (χ1n) is 3.47. The molecule has 0 aliphatic heterocycles. The first-order valence-corrected chi connectivity index (χ1v) is 3.47. The van der Waals surface area contributed by atoms with Crippen LogP contribution in [0.2, 0.25) is 0 Å². The normalized spacial score (nSPS) is 8.17. The number of hydrogen-bond donors (Lipinski definition) is 0. The fourth-order valence-corrected chi connectivity index (χ4v) is 0.859. The van der Waals surface area contributed by atoms with Crippen molar-refractivity contribution >= 4 is 0 Å². The molecule has 0 amide bonds. The van der Waals surface area contributed by atoms with Gasteiger partial charge in [-0.1, -0.05) is 30.3 Å². The largest absolute Gasteiger partial charge is 0.211 e. The molecule has 1 rings (SSSR count). The quantitative estimate of drug-likeness (QED) is 0.482. The van der Waals surface area contributed by atoms with Crippen molar-refractivity contribution in [2.24, 2.45) is 0 Å². The second-order valence-corrected chi connectivity index (χ2v) is 2.27.